The van der Waals surface area contributed by atoms with Crippen molar-refractivity contribution in [2.24, 2.45) is 5.92 Å². The van der Waals surface area contributed by atoms with Gasteiger partial charge in [-0.2, -0.15) is 0 Å². The fraction of sp³-hybridized carbons (Fsp3) is 0.353. The summed E-state index contributed by atoms with van der Waals surface area (Å²) in [5, 5.41) is 0.769. The van der Waals surface area contributed by atoms with Gasteiger partial charge in [-0.15, -0.1) is 23.1 Å². The van der Waals surface area contributed by atoms with E-state index >= 15 is 0 Å². The molecule has 1 aliphatic rings. The van der Waals surface area contributed by atoms with E-state index in [1.165, 1.54) is 27.5 Å². The normalized spacial score (nSPS) is 18.6. The molecule has 1 aliphatic heterocycles. The van der Waals surface area contributed by atoms with Crippen molar-refractivity contribution in [3.05, 3.63) is 47.5 Å². The maximum atomic E-state index is 4.43. The Hall–Kier alpha value is -1.06. The van der Waals surface area contributed by atoms with E-state index in [2.05, 4.69) is 54.9 Å². The summed E-state index contributed by atoms with van der Waals surface area (Å²) in [5.41, 5.74) is 1.08. The second kappa shape index (κ2) is 6.15. The first-order valence-corrected chi connectivity index (χ1v) is 8.80. The third kappa shape index (κ3) is 3.15. The lowest BCUT2D eigenvalue weighted by Gasteiger charge is -2.11. The Morgan fingerprint density at radius 2 is 2.05 bits per heavy atom. The van der Waals surface area contributed by atoms with Gasteiger partial charge in [0.2, 0.25) is 0 Å². The summed E-state index contributed by atoms with van der Waals surface area (Å²) in [6.07, 6.45) is 6.79. The molecule has 0 spiro atoms. The molecule has 1 nitrogen and oxygen atoms in total. The van der Waals surface area contributed by atoms with Crippen LogP contribution in [0.4, 0.5) is 0 Å². The first-order chi connectivity index (χ1) is 9.72. The number of allylic oxidation sites excluding steroid dienone is 1. The van der Waals surface area contributed by atoms with Crippen molar-refractivity contribution in [3.8, 4) is 10.6 Å². The van der Waals surface area contributed by atoms with Crippen molar-refractivity contribution >= 4 is 28.0 Å². The van der Waals surface area contributed by atoms with E-state index in [1.54, 1.807) is 0 Å². The maximum Gasteiger partial charge on any atom is 0.0801 e. The highest BCUT2D eigenvalue weighted by molar-refractivity contribution is 8.09. The van der Waals surface area contributed by atoms with Gasteiger partial charge in [0.05, 0.1) is 10.6 Å². The molecule has 2 aromatic rings. The van der Waals surface area contributed by atoms with Crippen molar-refractivity contribution in [3.63, 3.8) is 0 Å². The zero-order valence-corrected chi connectivity index (χ0v) is 13.5. The summed E-state index contributed by atoms with van der Waals surface area (Å²) in [5.74, 6) is 0.785. The van der Waals surface area contributed by atoms with Crippen LogP contribution in [0.2, 0.25) is 0 Å². The summed E-state index contributed by atoms with van der Waals surface area (Å²) < 4.78 is 0. The zero-order chi connectivity index (χ0) is 13.9. The van der Waals surface area contributed by atoms with Crippen LogP contribution in [0.1, 0.15) is 31.6 Å². The summed E-state index contributed by atoms with van der Waals surface area (Å²) in [7, 11) is 0. The smallest absolute Gasteiger partial charge is 0.0801 e. The molecular weight excluding hydrogens is 282 g/mol. The van der Waals surface area contributed by atoms with Crippen molar-refractivity contribution in [2.45, 2.75) is 31.9 Å². The van der Waals surface area contributed by atoms with Crippen LogP contribution >= 0.6 is 23.1 Å². The Kier molecular flexibility index (Phi) is 4.27. The molecule has 104 valence electrons. The summed E-state index contributed by atoms with van der Waals surface area (Å²) in [4.78, 5) is 8.54. The molecule has 20 heavy (non-hydrogen) atoms. The highest BCUT2D eigenvalue weighted by atomic mass is 32.2. The van der Waals surface area contributed by atoms with Gasteiger partial charge in [0, 0.05) is 21.2 Å². The fourth-order valence-corrected chi connectivity index (χ4v) is 5.06. The van der Waals surface area contributed by atoms with E-state index in [-0.39, 0.29) is 0 Å². The minimum atomic E-state index is 0.769. The van der Waals surface area contributed by atoms with Gasteiger partial charge >= 0.3 is 0 Å². The SMILES string of the molecule is CC(C)CC1CC=C(c2ccc(-c3ccccn3)s2)S1. The topological polar surface area (TPSA) is 12.9 Å². The zero-order valence-electron chi connectivity index (χ0n) is 11.9. The molecule has 2 aromatic heterocycles. The molecule has 0 bridgehead atoms. The number of thioether (sulfide) groups is 1. The Bertz CT molecular complexity index is 598. The van der Waals surface area contributed by atoms with Crippen molar-refractivity contribution in [1.29, 1.82) is 0 Å². The van der Waals surface area contributed by atoms with E-state index < -0.39 is 0 Å². The molecule has 0 aromatic carbocycles. The minimum absolute atomic E-state index is 0.769. The first kappa shape index (κ1) is 13.9. The van der Waals surface area contributed by atoms with Gasteiger partial charge in [-0.3, -0.25) is 4.98 Å². The second-order valence-electron chi connectivity index (χ2n) is 5.55. The number of hydrogen-bond donors (Lipinski definition) is 0. The molecule has 3 rings (SSSR count). The van der Waals surface area contributed by atoms with Crippen molar-refractivity contribution < 1.29 is 0 Å². The molecule has 0 radical (unpaired) electrons. The largest absolute Gasteiger partial charge is 0.255 e. The highest BCUT2D eigenvalue weighted by Gasteiger charge is 2.21. The van der Waals surface area contributed by atoms with Crippen LogP contribution in [0, 0.1) is 5.92 Å². The molecule has 0 amide bonds. The van der Waals surface area contributed by atoms with Gasteiger partial charge in [-0.25, -0.2) is 0 Å². The molecule has 0 saturated carbocycles. The van der Waals surface area contributed by atoms with Crippen LogP contribution < -0.4 is 0 Å². The molecule has 0 fully saturated rings. The predicted molar refractivity (Wildman–Crippen MR) is 91.0 cm³/mol. The number of aromatic nitrogens is 1. The quantitative estimate of drug-likeness (QED) is 0.718. The standard InChI is InChI=1S/C17H19NS2/c1-12(2)11-13-6-7-16(19-13)17-9-8-15(20-17)14-5-3-4-10-18-14/h3-5,7-10,12-13H,6,11H2,1-2H3. The number of pyridine rings is 1. The Labute approximate surface area is 129 Å². The van der Waals surface area contributed by atoms with Crippen LogP contribution in [0.25, 0.3) is 15.5 Å². The van der Waals surface area contributed by atoms with Crippen LogP contribution in [-0.4, -0.2) is 10.2 Å². The van der Waals surface area contributed by atoms with E-state index in [4.69, 9.17) is 0 Å². The van der Waals surface area contributed by atoms with E-state index in [1.807, 2.05) is 29.7 Å². The van der Waals surface area contributed by atoms with Crippen LogP contribution in [0.15, 0.2) is 42.6 Å². The van der Waals surface area contributed by atoms with Crippen LogP contribution in [0.3, 0.4) is 0 Å². The number of thiophene rings is 1. The van der Waals surface area contributed by atoms with Crippen molar-refractivity contribution in [2.75, 3.05) is 0 Å². The Morgan fingerprint density at radius 1 is 1.20 bits per heavy atom. The lowest BCUT2D eigenvalue weighted by Crippen LogP contribution is -2.01. The molecule has 1 atom stereocenters. The second-order valence-corrected chi connectivity index (χ2v) is 7.98. The Balaban J connectivity index is 1.72. The third-order valence-electron chi connectivity index (χ3n) is 3.36. The van der Waals surface area contributed by atoms with Crippen molar-refractivity contribution in [1.82, 2.24) is 4.98 Å². The van der Waals surface area contributed by atoms with Gasteiger partial charge in [0.1, 0.15) is 0 Å². The molecule has 3 heteroatoms. The number of nitrogens with zero attached hydrogens (tertiary/aromatic N) is 1. The first-order valence-electron chi connectivity index (χ1n) is 7.11. The molecule has 1 unspecified atom stereocenters. The predicted octanol–water partition coefficient (Wildman–Crippen LogP) is 5.70. The average molecular weight is 301 g/mol. The lowest BCUT2D eigenvalue weighted by molar-refractivity contribution is 0.573. The van der Waals surface area contributed by atoms with Gasteiger partial charge in [-0.1, -0.05) is 26.0 Å². The highest BCUT2D eigenvalue weighted by Crippen LogP contribution is 2.44. The third-order valence-corrected chi connectivity index (χ3v) is 5.99. The molecule has 0 N–H and O–H groups in total. The monoisotopic (exact) mass is 301 g/mol. The van der Waals surface area contributed by atoms with Crippen LogP contribution in [0.5, 0.6) is 0 Å². The van der Waals surface area contributed by atoms with Gasteiger partial charge < -0.3 is 0 Å². The average Bonchev–Trinajstić information content (AvgIpc) is 3.07. The maximum absolute atomic E-state index is 4.43. The number of hydrogen-bond acceptors (Lipinski definition) is 3. The Morgan fingerprint density at radius 3 is 2.80 bits per heavy atom. The van der Waals surface area contributed by atoms with Gasteiger partial charge in [0.25, 0.3) is 0 Å². The molecular formula is C17H19NS2. The number of rotatable bonds is 4. The van der Waals surface area contributed by atoms with Gasteiger partial charge in [-0.05, 0) is 43.0 Å². The van der Waals surface area contributed by atoms with E-state index in [0.29, 0.717) is 0 Å². The fourth-order valence-electron chi connectivity index (χ4n) is 2.46. The summed E-state index contributed by atoms with van der Waals surface area (Å²) in [6.45, 7) is 4.62. The molecule has 0 saturated heterocycles. The minimum Gasteiger partial charge on any atom is -0.255 e. The van der Waals surface area contributed by atoms with Gasteiger partial charge in [0.15, 0.2) is 0 Å². The molecule has 0 aliphatic carbocycles. The van der Waals surface area contributed by atoms with Crippen LogP contribution in [-0.2, 0) is 0 Å². The van der Waals surface area contributed by atoms with E-state index in [0.717, 1.165) is 16.9 Å². The van der Waals surface area contributed by atoms with E-state index in [9.17, 15) is 0 Å². The lowest BCUT2D eigenvalue weighted by atomic mass is 10.1. The summed E-state index contributed by atoms with van der Waals surface area (Å²) >= 11 is 3.90. The molecule has 3 heterocycles. The summed E-state index contributed by atoms with van der Waals surface area (Å²) in [6, 6.07) is 10.5.